The Hall–Kier alpha value is -2.98. The van der Waals surface area contributed by atoms with Crippen molar-refractivity contribution in [3.8, 4) is 0 Å². The number of phosphoric ester groups is 2. The zero-order chi connectivity index (χ0) is 76.0. The molecule has 5 atom stereocenters. The summed E-state index contributed by atoms with van der Waals surface area (Å²) in [6, 6.07) is 0. The summed E-state index contributed by atoms with van der Waals surface area (Å²) in [4.78, 5) is 73.2. The van der Waals surface area contributed by atoms with E-state index in [1.165, 1.54) is 199 Å². The third-order valence-corrected chi connectivity index (χ3v) is 20.7. The Morgan fingerprint density at radius 3 is 0.769 bits per heavy atom. The maximum Gasteiger partial charge on any atom is 0.472 e. The predicted octanol–water partition coefficient (Wildman–Crippen LogP) is 25.2. The van der Waals surface area contributed by atoms with E-state index >= 15 is 0 Å². The Morgan fingerprint density at radius 2 is 0.500 bits per heavy atom. The van der Waals surface area contributed by atoms with Crippen molar-refractivity contribution < 1.29 is 80.2 Å². The van der Waals surface area contributed by atoms with Crippen molar-refractivity contribution >= 4 is 39.5 Å². The summed E-state index contributed by atoms with van der Waals surface area (Å²) in [6.07, 6.45) is 77.8. The molecule has 0 aliphatic carbocycles. The van der Waals surface area contributed by atoms with Crippen molar-refractivity contribution in [2.45, 2.75) is 431 Å². The van der Waals surface area contributed by atoms with Crippen molar-refractivity contribution in [3.63, 3.8) is 0 Å². The molecule has 610 valence electrons. The van der Waals surface area contributed by atoms with Gasteiger partial charge in [-0.05, 0) is 64.2 Å². The summed E-state index contributed by atoms with van der Waals surface area (Å²) in [6.45, 7) is 4.88. The number of unbranched alkanes of at least 4 members (excludes halogenated alkanes) is 48. The van der Waals surface area contributed by atoms with Gasteiger partial charge in [-0.1, -0.05) is 372 Å². The van der Waals surface area contributed by atoms with E-state index in [0.717, 1.165) is 135 Å². The zero-order valence-corrected chi connectivity index (χ0v) is 68.8. The van der Waals surface area contributed by atoms with Gasteiger partial charge in [-0.25, -0.2) is 9.13 Å². The predicted molar refractivity (Wildman–Crippen MR) is 427 cm³/mol. The molecule has 0 saturated heterocycles. The number of hydrogen-bond acceptors (Lipinski definition) is 15. The van der Waals surface area contributed by atoms with Crippen LogP contribution in [0.3, 0.4) is 0 Å². The van der Waals surface area contributed by atoms with Gasteiger partial charge in [-0.2, -0.15) is 0 Å². The minimum absolute atomic E-state index is 0.0997. The van der Waals surface area contributed by atoms with Gasteiger partial charge in [0.1, 0.15) is 19.3 Å². The molecule has 0 bridgehead atoms. The molecule has 0 spiro atoms. The number of carbonyl (C=O) groups excluding carboxylic acids is 4. The normalized spacial score (nSPS) is 14.0. The lowest BCUT2D eigenvalue weighted by Crippen LogP contribution is -2.30. The molecule has 0 rings (SSSR count). The lowest BCUT2D eigenvalue weighted by Gasteiger charge is -2.21. The summed E-state index contributed by atoms with van der Waals surface area (Å²) in [5.74, 6) is -2.13. The third kappa shape index (κ3) is 77.2. The van der Waals surface area contributed by atoms with Gasteiger partial charge < -0.3 is 33.8 Å². The molecule has 0 heterocycles. The molecule has 0 radical (unpaired) electrons. The first-order valence-corrected chi connectivity index (χ1v) is 45.9. The quantitative estimate of drug-likeness (QED) is 0.0169. The SMILES string of the molecule is CC/C=C\C/C=C\C/C=C\C/C=C\CCCCCCCCC(=O)OCC(COP(=O)(O)OCC(O)COP(=O)(O)OCC(COC(=O)CCCCCCCCCCCCCCCCC)OC(=O)CCCCCCCCCCCCCCCCC)OC(=O)CCCCCCCCCCCCCCCCC. The summed E-state index contributed by atoms with van der Waals surface area (Å²) in [5, 5.41) is 10.7. The number of aliphatic hydroxyl groups is 1. The molecule has 0 aromatic carbocycles. The molecule has 5 unspecified atom stereocenters. The number of aliphatic hydroxyl groups excluding tert-OH is 1. The molecule has 0 aliphatic rings. The van der Waals surface area contributed by atoms with Crippen molar-refractivity contribution in [2.75, 3.05) is 39.6 Å². The molecule has 104 heavy (non-hydrogen) atoms. The van der Waals surface area contributed by atoms with Crippen LogP contribution in [0.25, 0.3) is 0 Å². The van der Waals surface area contributed by atoms with E-state index in [9.17, 15) is 43.2 Å². The summed E-state index contributed by atoms with van der Waals surface area (Å²) in [7, 11) is -9.94. The second kappa shape index (κ2) is 78.2. The first-order valence-electron chi connectivity index (χ1n) is 42.9. The van der Waals surface area contributed by atoms with Gasteiger partial charge >= 0.3 is 39.5 Å². The molecule has 0 saturated carbocycles. The van der Waals surface area contributed by atoms with Crippen molar-refractivity contribution in [1.82, 2.24) is 0 Å². The lowest BCUT2D eigenvalue weighted by molar-refractivity contribution is -0.161. The highest BCUT2D eigenvalue weighted by Crippen LogP contribution is 2.45. The monoisotopic (exact) mass is 1510 g/mol. The summed E-state index contributed by atoms with van der Waals surface area (Å²) < 4.78 is 68.8. The summed E-state index contributed by atoms with van der Waals surface area (Å²) in [5.41, 5.74) is 0. The first kappa shape index (κ1) is 101. The van der Waals surface area contributed by atoms with Gasteiger partial charge in [-0.3, -0.25) is 37.3 Å². The minimum Gasteiger partial charge on any atom is -0.462 e. The standard InChI is InChI=1S/C85H158O17P2/c1-5-9-13-17-21-25-29-33-37-38-39-40-44-46-50-54-58-62-66-70-83(88)96-76-81(102-85(90)72-68-64-60-56-52-48-43-36-32-28-24-20-16-12-8-4)78-100-104(93,94)98-74-79(86)73-97-103(91,92)99-77-80(101-84(89)71-67-63-59-55-51-47-42-35-31-27-23-19-15-11-7-3)75-95-82(87)69-65-61-57-53-49-45-41-34-30-26-22-18-14-10-6-2/h9,13,21,25,33,37,39-40,79-81,86H,5-8,10-12,14-20,22-24,26-32,34-36,38,41-78H2,1-4H3,(H,91,92)(H,93,94)/b13-9-,25-21-,37-33-,40-39-. The molecule has 17 nitrogen and oxygen atoms in total. The average molecular weight is 1510 g/mol. The average Bonchev–Trinajstić information content (AvgIpc) is 0.918. The number of phosphoric acid groups is 2. The van der Waals surface area contributed by atoms with Crippen LogP contribution in [0.15, 0.2) is 48.6 Å². The number of allylic oxidation sites excluding steroid dienone is 8. The van der Waals surface area contributed by atoms with E-state index in [1.807, 2.05) is 0 Å². The van der Waals surface area contributed by atoms with E-state index in [1.54, 1.807) is 0 Å². The fourth-order valence-electron chi connectivity index (χ4n) is 12.3. The first-order chi connectivity index (χ1) is 50.7. The van der Waals surface area contributed by atoms with Crippen LogP contribution in [0.1, 0.15) is 413 Å². The van der Waals surface area contributed by atoms with Gasteiger partial charge in [0.15, 0.2) is 12.2 Å². The van der Waals surface area contributed by atoms with Crippen LogP contribution in [-0.4, -0.2) is 96.7 Å². The van der Waals surface area contributed by atoms with Crippen molar-refractivity contribution in [3.05, 3.63) is 48.6 Å². The van der Waals surface area contributed by atoms with Crippen LogP contribution >= 0.6 is 15.6 Å². The van der Waals surface area contributed by atoms with Crippen LogP contribution < -0.4 is 0 Å². The molecule has 3 N–H and O–H groups in total. The maximum atomic E-state index is 13.1. The summed E-state index contributed by atoms with van der Waals surface area (Å²) >= 11 is 0. The highest BCUT2D eigenvalue weighted by molar-refractivity contribution is 7.47. The third-order valence-electron chi connectivity index (χ3n) is 18.8. The van der Waals surface area contributed by atoms with Crippen molar-refractivity contribution in [2.24, 2.45) is 0 Å². The Kier molecular flexibility index (Phi) is 75.9. The molecule has 19 heteroatoms. The fraction of sp³-hybridized carbons (Fsp3) is 0.859. The highest BCUT2D eigenvalue weighted by Gasteiger charge is 2.30. The molecule has 0 aromatic rings. The van der Waals surface area contributed by atoms with E-state index < -0.39 is 97.5 Å². The molecular weight excluding hydrogens is 1350 g/mol. The highest BCUT2D eigenvalue weighted by atomic mass is 31.2. The van der Waals surface area contributed by atoms with Crippen LogP contribution in [-0.2, 0) is 65.4 Å². The Morgan fingerprint density at radius 1 is 0.279 bits per heavy atom. The Balaban J connectivity index is 5.31. The van der Waals surface area contributed by atoms with Crippen molar-refractivity contribution in [1.29, 1.82) is 0 Å². The second-order valence-electron chi connectivity index (χ2n) is 29.1. The minimum atomic E-state index is -4.97. The number of hydrogen-bond donors (Lipinski definition) is 3. The molecule has 0 fully saturated rings. The number of rotatable bonds is 82. The van der Waals surface area contributed by atoms with Gasteiger partial charge in [0.05, 0.1) is 26.4 Å². The van der Waals surface area contributed by atoms with Gasteiger partial charge in [0.2, 0.25) is 0 Å². The zero-order valence-electron chi connectivity index (χ0n) is 67.0. The molecule has 0 amide bonds. The van der Waals surface area contributed by atoms with Crippen LogP contribution in [0, 0.1) is 0 Å². The number of esters is 4. The van der Waals surface area contributed by atoms with Crippen LogP contribution in [0.4, 0.5) is 0 Å². The molecule has 0 aromatic heterocycles. The maximum absolute atomic E-state index is 13.1. The smallest absolute Gasteiger partial charge is 0.462 e. The fourth-order valence-corrected chi connectivity index (χ4v) is 13.9. The Labute approximate surface area is 636 Å². The number of carbonyl (C=O) groups is 4. The largest absolute Gasteiger partial charge is 0.472 e. The molecule has 0 aliphatic heterocycles. The Bertz CT molecular complexity index is 2150. The van der Waals surface area contributed by atoms with E-state index in [-0.39, 0.29) is 25.7 Å². The van der Waals surface area contributed by atoms with E-state index in [0.29, 0.717) is 25.7 Å². The second-order valence-corrected chi connectivity index (χ2v) is 32.0. The van der Waals surface area contributed by atoms with E-state index in [4.69, 9.17) is 37.0 Å². The van der Waals surface area contributed by atoms with Crippen LogP contribution in [0.5, 0.6) is 0 Å². The van der Waals surface area contributed by atoms with Gasteiger partial charge in [0, 0.05) is 25.7 Å². The van der Waals surface area contributed by atoms with Gasteiger partial charge in [-0.15, -0.1) is 0 Å². The van der Waals surface area contributed by atoms with E-state index in [2.05, 4.69) is 76.3 Å². The molecular formula is C85H158O17P2. The van der Waals surface area contributed by atoms with Crippen LogP contribution in [0.2, 0.25) is 0 Å². The number of ether oxygens (including phenoxy) is 4. The topological polar surface area (TPSA) is 237 Å². The lowest BCUT2D eigenvalue weighted by atomic mass is 10.0. The van der Waals surface area contributed by atoms with Gasteiger partial charge in [0.25, 0.3) is 0 Å².